The fourth-order valence-electron chi connectivity index (χ4n) is 5.28. The van der Waals surface area contributed by atoms with Gasteiger partial charge in [0.25, 0.3) is 0 Å². The maximum Gasteiger partial charge on any atom is 0.329 e. The van der Waals surface area contributed by atoms with E-state index in [1.165, 1.54) is 6.07 Å². The fourth-order valence-corrected chi connectivity index (χ4v) is 5.28. The number of urea groups is 1. The van der Waals surface area contributed by atoms with Crippen molar-refractivity contribution >= 4 is 23.2 Å². The molecule has 2 aromatic carbocycles. The largest absolute Gasteiger partial charge is 0.497 e. The number of benzene rings is 2. The number of aromatic nitrogens is 1. The molecule has 0 bridgehead atoms. The smallest absolute Gasteiger partial charge is 0.329 e. The molecule has 2 N–H and O–H groups in total. The van der Waals surface area contributed by atoms with E-state index in [2.05, 4.69) is 15.6 Å². The molecule has 1 saturated heterocycles. The quantitative estimate of drug-likeness (QED) is 0.444. The number of pyridine rings is 1. The number of aryl methyl sites for hydroxylation is 1. The monoisotopic (exact) mass is 519 g/mol. The van der Waals surface area contributed by atoms with Crippen LogP contribution in [0.25, 0.3) is 0 Å². The molecule has 1 fully saturated rings. The van der Waals surface area contributed by atoms with Gasteiger partial charge in [0.05, 0.1) is 38.2 Å². The van der Waals surface area contributed by atoms with Crippen molar-refractivity contribution in [3.05, 3.63) is 71.2 Å². The molecule has 200 valence electrons. The van der Waals surface area contributed by atoms with Gasteiger partial charge in [-0.05, 0) is 50.1 Å². The Bertz CT molecular complexity index is 1290. The Morgan fingerprint density at radius 2 is 2.03 bits per heavy atom. The minimum absolute atomic E-state index is 0.0458. The average molecular weight is 520 g/mol. The van der Waals surface area contributed by atoms with Crippen LogP contribution in [0, 0.1) is 12.7 Å². The maximum atomic E-state index is 15.0. The molecule has 1 aromatic heterocycles. The van der Waals surface area contributed by atoms with E-state index in [1.54, 1.807) is 31.4 Å². The normalized spacial score (nSPS) is 17.6. The van der Waals surface area contributed by atoms with Gasteiger partial charge in [-0.3, -0.25) is 9.80 Å². The first-order chi connectivity index (χ1) is 18.5. The molecule has 2 amide bonds. The molecule has 3 aromatic rings. The highest BCUT2D eigenvalue weighted by molar-refractivity contribution is 6.07. The van der Waals surface area contributed by atoms with E-state index in [9.17, 15) is 9.18 Å². The van der Waals surface area contributed by atoms with Crippen LogP contribution in [0.15, 0.2) is 48.7 Å². The molecule has 2 aliphatic heterocycles. The van der Waals surface area contributed by atoms with E-state index < -0.39 is 5.82 Å². The lowest BCUT2D eigenvalue weighted by Crippen LogP contribution is -2.54. The van der Waals surface area contributed by atoms with Crippen molar-refractivity contribution in [2.24, 2.45) is 0 Å². The van der Waals surface area contributed by atoms with Gasteiger partial charge in [0.2, 0.25) is 0 Å². The lowest BCUT2D eigenvalue weighted by atomic mass is 10.0. The number of nitrogens with zero attached hydrogens (tertiary/aromatic N) is 3. The highest BCUT2D eigenvalue weighted by Gasteiger charge is 2.38. The van der Waals surface area contributed by atoms with Gasteiger partial charge in [0, 0.05) is 42.5 Å². The van der Waals surface area contributed by atoms with Crippen molar-refractivity contribution in [3.63, 3.8) is 0 Å². The molecule has 0 spiro atoms. The zero-order chi connectivity index (χ0) is 26.6. The van der Waals surface area contributed by atoms with Crippen LogP contribution in [0.3, 0.4) is 0 Å². The van der Waals surface area contributed by atoms with Crippen LogP contribution in [0.5, 0.6) is 11.5 Å². The zero-order valence-electron chi connectivity index (χ0n) is 22.1. The Hall–Kier alpha value is -3.85. The molecule has 38 heavy (non-hydrogen) atoms. The second-order valence-corrected chi connectivity index (χ2v) is 9.73. The van der Waals surface area contributed by atoms with Gasteiger partial charge in [-0.2, -0.15) is 0 Å². The predicted molar refractivity (Wildman–Crippen MR) is 147 cm³/mol. The first-order valence-corrected chi connectivity index (χ1v) is 13.0. The van der Waals surface area contributed by atoms with Gasteiger partial charge < -0.3 is 20.1 Å². The van der Waals surface area contributed by atoms with Gasteiger partial charge in [-0.25, -0.2) is 14.2 Å². The second kappa shape index (κ2) is 11.3. The summed E-state index contributed by atoms with van der Waals surface area (Å²) in [6.45, 7) is 4.18. The van der Waals surface area contributed by atoms with Crippen molar-refractivity contribution < 1.29 is 18.7 Å². The highest BCUT2D eigenvalue weighted by Crippen LogP contribution is 2.37. The summed E-state index contributed by atoms with van der Waals surface area (Å²) in [5, 5.41) is 6.84. The predicted octanol–water partition coefficient (Wildman–Crippen LogP) is 5.25. The van der Waals surface area contributed by atoms with Crippen molar-refractivity contribution in [2.45, 2.75) is 45.3 Å². The molecule has 2 aliphatic rings. The summed E-state index contributed by atoms with van der Waals surface area (Å²) in [5.74, 6) is 1.68. The van der Waals surface area contributed by atoms with Crippen LogP contribution in [0.2, 0.25) is 0 Å². The summed E-state index contributed by atoms with van der Waals surface area (Å²) in [7, 11) is 3.25. The zero-order valence-corrected chi connectivity index (χ0v) is 22.1. The van der Waals surface area contributed by atoms with Gasteiger partial charge in [0.15, 0.2) is 0 Å². The third kappa shape index (κ3) is 5.11. The molecular formula is C29H34FN5O3. The lowest BCUT2D eigenvalue weighted by molar-refractivity contribution is 0.247. The number of ether oxygens (including phenoxy) is 2. The number of hydrogen-bond acceptors (Lipinski definition) is 6. The summed E-state index contributed by atoms with van der Waals surface area (Å²) in [4.78, 5) is 22.1. The van der Waals surface area contributed by atoms with E-state index in [0.717, 1.165) is 53.9 Å². The Kier molecular flexibility index (Phi) is 7.64. The van der Waals surface area contributed by atoms with Crippen molar-refractivity contribution in [1.29, 1.82) is 0 Å². The van der Waals surface area contributed by atoms with Crippen LogP contribution in [-0.2, 0) is 13.1 Å². The number of amides is 2. The number of halogens is 1. The third-order valence-electron chi connectivity index (χ3n) is 7.29. The number of methoxy groups -OCH3 is 2. The SMILES string of the molecule is COc1ccc(CNc2cc3c(cn2)CN(c2c(C)cccc2F)C(=O)N3[C@@H]2CCCCNC2)c(OC)c1. The number of carbonyl (C=O) groups excluding carboxylic acids is 1. The van der Waals surface area contributed by atoms with Crippen molar-refractivity contribution in [1.82, 2.24) is 10.3 Å². The summed E-state index contributed by atoms with van der Waals surface area (Å²) in [5.41, 5.74) is 3.69. The summed E-state index contributed by atoms with van der Waals surface area (Å²) in [6, 6.07) is 12.3. The number of hydrogen-bond donors (Lipinski definition) is 2. The van der Waals surface area contributed by atoms with Crippen LogP contribution < -0.4 is 29.9 Å². The molecule has 0 unspecified atom stereocenters. The summed E-state index contributed by atoms with van der Waals surface area (Å²) < 4.78 is 25.8. The Morgan fingerprint density at radius 1 is 1.16 bits per heavy atom. The van der Waals surface area contributed by atoms with E-state index in [4.69, 9.17) is 9.47 Å². The van der Waals surface area contributed by atoms with Crippen LogP contribution in [0.4, 0.5) is 26.4 Å². The van der Waals surface area contributed by atoms with Crippen LogP contribution >= 0.6 is 0 Å². The number of carbonyl (C=O) groups is 1. The third-order valence-corrected chi connectivity index (χ3v) is 7.29. The molecule has 0 radical (unpaired) electrons. The molecule has 1 atom stereocenters. The molecule has 9 heteroatoms. The molecule has 3 heterocycles. The standard InChI is InChI=1S/C29H34FN5O3/c1-19-7-6-9-24(30)28(19)34-18-21-16-33-27(32-15-20-10-11-23(37-2)13-26(20)38-3)14-25(21)35(29(34)36)22-8-4-5-12-31-17-22/h6-7,9-11,13-14,16,22,31H,4-5,8,12,15,17-18H2,1-3H3,(H,32,33)/t22-/m1/s1. The first-order valence-electron chi connectivity index (χ1n) is 13.0. The fraction of sp³-hybridized carbons (Fsp3) is 0.379. The van der Waals surface area contributed by atoms with E-state index in [0.29, 0.717) is 30.3 Å². The molecular weight excluding hydrogens is 485 g/mol. The summed E-state index contributed by atoms with van der Waals surface area (Å²) >= 11 is 0. The second-order valence-electron chi connectivity index (χ2n) is 9.73. The van der Waals surface area contributed by atoms with Gasteiger partial charge in [-0.15, -0.1) is 0 Å². The molecule has 8 nitrogen and oxygen atoms in total. The van der Waals surface area contributed by atoms with Crippen molar-refractivity contribution in [3.8, 4) is 11.5 Å². The van der Waals surface area contributed by atoms with Gasteiger partial charge in [-0.1, -0.05) is 18.6 Å². The van der Waals surface area contributed by atoms with Crippen molar-refractivity contribution in [2.75, 3.05) is 42.4 Å². The van der Waals surface area contributed by atoms with E-state index >= 15 is 0 Å². The Labute approximate surface area is 222 Å². The number of para-hydroxylation sites is 1. The lowest BCUT2D eigenvalue weighted by Gasteiger charge is -2.41. The molecule has 0 saturated carbocycles. The summed E-state index contributed by atoms with van der Waals surface area (Å²) in [6.07, 6.45) is 4.74. The number of anilines is 3. The maximum absolute atomic E-state index is 15.0. The van der Waals surface area contributed by atoms with Gasteiger partial charge in [0.1, 0.15) is 23.1 Å². The molecule has 5 rings (SSSR count). The topological polar surface area (TPSA) is 79.0 Å². The number of rotatable bonds is 7. The Morgan fingerprint density at radius 3 is 2.82 bits per heavy atom. The van der Waals surface area contributed by atoms with Gasteiger partial charge >= 0.3 is 6.03 Å². The number of nitrogens with one attached hydrogen (secondary N) is 2. The minimum atomic E-state index is -0.402. The van der Waals surface area contributed by atoms with E-state index in [1.807, 2.05) is 42.2 Å². The Balaban J connectivity index is 1.48. The minimum Gasteiger partial charge on any atom is -0.497 e. The first kappa shape index (κ1) is 25.8. The average Bonchev–Trinajstić information content (AvgIpc) is 3.21. The van der Waals surface area contributed by atoms with Crippen LogP contribution in [0.1, 0.15) is 36.0 Å². The van der Waals surface area contributed by atoms with E-state index in [-0.39, 0.29) is 18.6 Å². The van der Waals surface area contributed by atoms with Crippen LogP contribution in [-0.4, -0.2) is 44.4 Å². The number of fused-ring (bicyclic) bond motifs is 1. The highest BCUT2D eigenvalue weighted by atomic mass is 19.1. The molecule has 0 aliphatic carbocycles.